The summed E-state index contributed by atoms with van der Waals surface area (Å²) in [5.74, 6) is 0.964. The van der Waals surface area contributed by atoms with Gasteiger partial charge in [0.2, 0.25) is 0 Å². The first-order chi connectivity index (χ1) is 12.3. The van der Waals surface area contributed by atoms with Gasteiger partial charge in [0.1, 0.15) is 0 Å². The van der Waals surface area contributed by atoms with Crippen molar-refractivity contribution in [2.45, 2.75) is 115 Å². The predicted molar refractivity (Wildman–Crippen MR) is 106 cm³/mol. The minimum Gasteiger partial charge on any atom is -0.378 e. The Morgan fingerprint density at radius 3 is 2.12 bits per heavy atom. The van der Waals surface area contributed by atoms with Gasteiger partial charge in [0, 0.05) is 0 Å². The highest BCUT2D eigenvalue weighted by molar-refractivity contribution is 4.80. The van der Waals surface area contributed by atoms with Gasteiger partial charge in [0.15, 0.2) is 0 Å². The zero-order chi connectivity index (χ0) is 17.7. The van der Waals surface area contributed by atoms with E-state index in [1.54, 1.807) is 0 Å². The van der Waals surface area contributed by atoms with E-state index in [0.717, 1.165) is 44.6 Å². The lowest BCUT2D eigenvalue weighted by atomic mass is 9.83. The summed E-state index contributed by atoms with van der Waals surface area (Å²) in [6.07, 6.45) is 20.2. The summed E-state index contributed by atoms with van der Waals surface area (Å²) in [4.78, 5) is 0. The Balaban J connectivity index is 1.55. The second kappa shape index (κ2) is 12.6. The molecule has 0 radical (unpaired) electrons. The molecule has 0 spiro atoms. The molecule has 0 bridgehead atoms. The molecular formula is C22H40N2O. The smallest absolute Gasteiger partial charge is 0.0710 e. The van der Waals surface area contributed by atoms with Crippen LogP contribution in [0.4, 0.5) is 0 Å². The van der Waals surface area contributed by atoms with Crippen molar-refractivity contribution in [1.82, 2.24) is 0 Å². The van der Waals surface area contributed by atoms with E-state index in [0.29, 0.717) is 18.2 Å². The summed E-state index contributed by atoms with van der Waals surface area (Å²) in [5.41, 5.74) is 0. The first-order valence-corrected chi connectivity index (χ1v) is 10.9. The van der Waals surface area contributed by atoms with Crippen LogP contribution in [0, 0.1) is 5.92 Å². The van der Waals surface area contributed by atoms with Crippen LogP contribution < -0.4 is 0 Å². The van der Waals surface area contributed by atoms with E-state index in [9.17, 15) is 0 Å². The highest BCUT2D eigenvalue weighted by Crippen LogP contribution is 2.31. The Kier molecular flexibility index (Phi) is 10.4. The van der Waals surface area contributed by atoms with Crippen LogP contribution in [0.5, 0.6) is 0 Å². The predicted octanol–water partition coefficient (Wildman–Crippen LogP) is 6.87. The maximum Gasteiger partial charge on any atom is 0.0710 e. The van der Waals surface area contributed by atoms with Gasteiger partial charge in [-0.2, -0.15) is 10.2 Å². The van der Waals surface area contributed by atoms with Crippen molar-refractivity contribution in [2.24, 2.45) is 16.1 Å². The maximum atomic E-state index is 5.88. The van der Waals surface area contributed by atoms with Crippen LogP contribution >= 0.6 is 0 Å². The molecule has 0 aromatic heterocycles. The van der Waals surface area contributed by atoms with Crippen molar-refractivity contribution in [1.29, 1.82) is 0 Å². The molecule has 2 rings (SSSR count). The molecule has 0 saturated heterocycles. The summed E-state index contributed by atoms with van der Waals surface area (Å²) in [7, 11) is 0. The lowest BCUT2D eigenvalue weighted by Gasteiger charge is -2.27. The van der Waals surface area contributed by atoms with Crippen LogP contribution in [0.15, 0.2) is 22.9 Å². The van der Waals surface area contributed by atoms with Gasteiger partial charge in [0.25, 0.3) is 0 Å². The summed E-state index contributed by atoms with van der Waals surface area (Å²) >= 11 is 0. The maximum absolute atomic E-state index is 5.88. The van der Waals surface area contributed by atoms with E-state index in [1.807, 2.05) is 6.08 Å². The van der Waals surface area contributed by atoms with Crippen molar-refractivity contribution < 1.29 is 4.74 Å². The molecule has 25 heavy (non-hydrogen) atoms. The summed E-state index contributed by atoms with van der Waals surface area (Å²) in [6.45, 7) is 6.86. The SMILES string of the molecule is C=CCCOC1CCC(N=NC2CCC(CCCCCC)CC2)CC1. The Morgan fingerprint density at radius 2 is 1.52 bits per heavy atom. The van der Waals surface area contributed by atoms with Crippen LogP contribution in [0.25, 0.3) is 0 Å². The van der Waals surface area contributed by atoms with Crippen LogP contribution in [-0.4, -0.2) is 24.8 Å². The minimum atomic E-state index is 0.439. The van der Waals surface area contributed by atoms with E-state index < -0.39 is 0 Å². The van der Waals surface area contributed by atoms with Crippen LogP contribution in [0.2, 0.25) is 0 Å². The highest BCUT2D eigenvalue weighted by Gasteiger charge is 2.23. The molecule has 0 atom stereocenters. The Labute approximate surface area is 155 Å². The van der Waals surface area contributed by atoms with E-state index in [4.69, 9.17) is 15.0 Å². The molecule has 0 aromatic carbocycles. The summed E-state index contributed by atoms with van der Waals surface area (Å²) in [5, 5.41) is 9.42. The zero-order valence-electron chi connectivity index (χ0n) is 16.5. The van der Waals surface area contributed by atoms with Gasteiger partial charge in [-0.3, -0.25) is 0 Å². The molecule has 3 heteroatoms. The fourth-order valence-corrected chi connectivity index (χ4v) is 4.24. The van der Waals surface area contributed by atoms with Crippen molar-refractivity contribution in [3.05, 3.63) is 12.7 Å². The van der Waals surface area contributed by atoms with Gasteiger partial charge in [0.05, 0.1) is 24.8 Å². The molecule has 0 N–H and O–H groups in total. The first-order valence-electron chi connectivity index (χ1n) is 10.9. The number of ether oxygens (including phenoxy) is 1. The van der Waals surface area contributed by atoms with Crippen molar-refractivity contribution >= 4 is 0 Å². The highest BCUT2D eigenvalue weighted by atomic mass is 16.5. The molecule has 2 aliphatic carbocycles. The second-order valence-electron chi connectivity index (χ2n) is 8.13. The topological polar surface area (TPSA) is 34.0 Å². The quantitative estimate of drug-likeness (QED) is 0.228. The molecule has 0 unspecified atom stereocenters. The molecule has 3 nitrogen and oxygen atoms in total. The van der Waals surface area contributed by atoms with Crippen LogP contribution in [-0.2, 0) is 4.74 Å². The van der Waals surface area contributed by atoms with Gasteiger partial charge in [-0.1, -0.05) is 45.1 Å². The average molecular weight is 349 g/mol. The number of nitrogens with zero attached hydrogens (tertiary/aromatic N) is 2. The fraction of sp³-hybridized carbons (Fsp3) is 0.909. The third-order valence-electron chi connectivity index (χ3n) is 5.99. The molecule has 2 saturated carbocycles. The van der Waals surface area contributed by atoms with Crippen LogP contribution in [0.1, 0.15) is 96.8 Å². The molecule has 144 valence electrons. The first kappa shape index (κ1) is 20.6. The standard InChI is InChI=1S/C22H40N2O/c1-3-5-7-8-9-19-10-12-20(13-11-19)23-24-21-14-16-22(17-15-21)25-18-6-4-2/h4,19-22H,2-3,5-18H2,1H3. The molecular weight excluding hydrogens is 308 g/mol. The monoisotopic (exact) mass is 348 g/mol. The number of hydrogen-bond donors (Lipinski definition) is 0. The molecule has 0 aromatic rings. The Hall–Kier alpha value is -0.700. The largest absolute Gasteiger partial charge is 0.378 e. The Bertz CT molecular complexity index is 366. The number of rotatable bonds is 11. The van der Waals surface area contributed by atoms with E-state index in [2.05, 4.69) is 13.5 Å². The fourth-order valence-electron chi connectivity index (χ4n) is 4.24. The van der Waals surface area contributed by atoms with Gasteiger partial charge in [-0.05, 0) is 63.7 Å². The third-order valence-corrected chi connectivity index (χ3v) is 5.99. The summed E-state index contributed by atoms with van der Waals surface area (Å²) in [6, 6.07) is 0.958. The van der Waals surface area contributed by atoms with Gasteiger partial charge in [-0.15, -0.1) is 6.58 Å². The van der Waals surface area contributed by atoms with Gasteiger partial charge >= 0.3 is 0 Å². The third kappa shape index (κ3) is 8.48. The van der Waals surface area contributed by atoms with E-state index in [1.165, 1.54) is 57.8 Å². The molecule has 0 aliphatic heterocycles. The van der Waals surface area contributed by atoms with Crippen molar-refractivity contribution in [3.63, 3.8) is 0 Å². The van der Waals surface area contributed by atoms with Crippen molar-refractivity contribution in [2.75, 3.05) is 6.61 Å². The second-order valence-corrected chi connectivity index (χ2v) is 8.13. The molecule has 0 heterocycles. The number of unbranched alkanes of at least 4 members (excludes halogenated alkanes) is 3. The molecule has 2 aliphatic rings. The van der Waals surface area contributed by atoms with E-state index in [-0.39, 0.29) is 0 Å². The average Bonchev–Trinajstić information content (AvgIpc) is 2.66. The number of hydrogen-bond acceptors (Lipinski definition) is 3. The van der Waals surface area contributed by atoms with E-state index >= 15 is 0 Å². The van der Waals surface area contributed by atoms with Crippen molar-refractivity contribution in [3.8, 4) is 0 Å². The number of azo groups is 1. The lowest BCUT2D eigenvalue weighted by Crippen LogP contribution is -2.24. The molecule has 0 amide bonds. The minimum absolute atomic E-state index is 0.439. The summed E-state index contributed by atoms with van der Waals surface area (Å²) < 4.78 is 5.88. The van der Waals surface area contributed by atoms with Gasteiger partial charge < -0.3 is 4.74 Å². The normalized spacial score (nSPS) is 30.6. The lowest BCUT2D eigenvalue weighted by molar-refractivity contribution is 0.0275. The van der Waals surface area contributed by atoms with Gasteiger partial charge in [-0.25, -0.2) is 0 Å². The Morgan fingerprint density at radius 1 is 0.880 bits per heavy atom. The van der Waals surface area contributed by atoms with Crippen LogP contribution in [0.3, 0.4) is 0 Å². The zero-order valence-corrected chi connectivity index (χ0v) is 16.5. The molecule has 2 fully saturated rings.